The molecule has 2 heterocycles. The Morgan fingerprint density at radius 3 is 2.50 bits per heavy atom. The fourth-order valence-corrected chi connectivity index (χ4v) is 7.15. The van der Waals surface area contributed by atoms with Crippen molar-refractivity contribution in [2.75, 3.05) is 19.8 Å². The number of carbonyl (C=O) groups is 2. The van der Waals surface area contributed by atoms with Crippen LogP contribution in [0.2, 0.25) is 15.1 Å². The fraction of sp³-hybridized carbons (Fsp3) is 0.500. The van der Waals surface area contributed by atoms with E-state index < -0.39 is 6.04 Å². The maximum atomic E-state index is 13.7. The third kappa shape index (κ3) is 5.13. The van der Waals surface area contributed by atoms with E-state index in [1.54, 1.807) is 30.3 Å². The Morgan fingerprint density at radius 1 is 1.00 bits per heavy atom. The van der Waals surface area contributed by atoms with E-state index in [4.69, 9.17) is 39.5 Å². The number of hydrogen-bond donors (Lipinski definition) is 1. The zero-order valence-electron chi connectivity index (χ0n) is 20.2. The van der Waals surface area contributed by atoms with Crippen LogP contribution in [-0.4, -0.2) is 48.6 Å². The number of fused-ring (bicyclic) bond motifs is 1. The molecule has 3 atom stereocenters. The summed E-state index contributed by atoms with van der Waals surface area (Å²) in [5.74, 6) is 0.129. The first kappa shape index (κ1) is 25.8. The Labute approximate surface area is 227 Å². The fourth-order valence-electron chi connectivity index (χ4n) is 6.35. The van der Waals surface area contributed by atoms with Crippen LogP contribution in [0.4, 0.5) is 0 Å². The van der Waals surface area contributed by atoms with Gasteiger partial charge in [0.2, 0.25) is 5.91 Å². The summed E-state index contributed by atoms with van der Waals surface area (Å²) in [5, 5.41) is 4.93. The highest BCUT2D eigenvalue weighted by Gasteiger charge is 2.48. The van der Waals surface area contributed by atoms with Crippen molar-refractivity contribution in [3.8, 4) is 0 Å². The Kier molecular flexibility index (Phi) is 7.83. The summed E-state index contributed by atoms with van der Waals surface area (Å²) in [4.78, 5) is 29.3. The molecule has 1 saturated carbocycles. The van der Waals surface area contributed by atoms with Gasteiger partial charge >= 0.3 is 0 Å². The summed E-state index contributed by atoms with van der Waals surface area (Å²) in [7, 11) is 0. The van der Waals surface area contributed by atoms with Crippen LogP contribution < -0.4 is 5.32 Å². The lowest BCUT2D eigenvalue weighted by molar-refractivity contribution is -0.125. The van der Waals surface area contributed by atoms with Crippen molar-refractivity contribution in [2.45, 2.75) is 62.4 Å². The van der Waals surface area contributed by atoms with Crippen molar-refractivity contribution in [1.29, 1.82) is 0 Å². The van der Waals surface area contributed by atoms with Crippen LogP contribution in [0.15, 0.2) is 42.5 Å². The monoisotopic (exact) mass is 548 g/mol. The minimum atomic E-state index is -0.498. The molecule has 3 aliphatic rings. The van der Waals surface area contributed by atoms with Crippen molar-refractivity contribution in [3.63, 3.8) is 0 Å². The average molecular weight is 550 g/mol. The number of likely N-dealkylation sites (tertiary alicyclic amines) is 1. The predicted octanol–water partition coefficient (Wildman–Crippen LogP) is 6.28. The van der Waals surface area contributed by atoms with E-state index in [1.807, 2.05) is 17.0 Å². The van der Waals surface area contributed by atoms with Gasteiger partial charge in [-0.15, -0.1) is 0 Å². The average Bonchev–Trinajstić information content (AvgIpc) is 3.27. The molecule has 0 aromatic heterocycles. The summed E-state index contributed by atoms with van der Waals surface area (Å²) >= 11 is 19.0. The Balaban J connectivity index is 1.39. The summed E-state index contributed by atoms with van der Waals surface area (Å²) in [5.41, 5.74) is 1.16. The summed E-state index contributed by atoms with van der Waals surface area (Å²) < 4.78 is 5.64. The van der Waals surface area contributed by atoms with E-state index in [0.717, 1.165) is 44.1 Å². The lowest BCUT2D eigenvalue weighted by Gasteiger charge is -2.39. The number of amides is 2. The Hall–Kier alpha value is -1.79. The topological polar surface area (TPSA) is 58.6 Å². The van der Waals surface area contributed by atoms with Crippen molar-refractivity contribution in [2.24, 2.45) is 5.92 Å². The van der Waals surface area contributed by atoms with E-state index >= 15 is 0 Å². The van der Waals surface area contributed by atoms with Gasteiger partial charge < -0.3 is 15.0 Å². The second-order valence-electron chi connectivity index (χ2n) is 10.3. The number of rotatable bonds is 5. The number of hydrogen-bond acceptors (Lipinski definition) is 3. The second-order valence-corrected chi connectivity index (χ2v) is 11.6. The molecule has 8 heteroatoms. The van der Waals surface area contributed by atoms with Gasteiger partial charge in [0.1, 0.15) is 6.04 Å². The number of carbonyl (C=O) groups excluding carboxylic acids is 2. The maximum absolute atomic E-state index is 13.7. The lowest BCUT2D eigenvalue weighted by atomic mass is 9.74. The molecule has 3 fully saturated rings. The Bertz CT molecular complexity index is 1130. The molecule has 192 valence electrons. The molecule has 2 aliphatic heterocycles. The van der Waals surface area contributed by atoms with Crippen LogP contribution in [-0.2, 0) is 14.9 Å². The molecule has 0 unspecified atom stereocenters. The SMILES string of the molecule is O=C(NCC1(c2ccc(Cl)cc2Cl)CCOCC1)[C@@H]1C[C@@H]2CCCC[C@@H]2N1C(=O)c1cccc(Cl)c1. The van der Waals surface area contributed by atoms with Gasteiger partial charge in [0, 0.05) is 51.8 Å². The van der Waals surface area contributed by atoms with Crippen LogP contribution in [0.25, 0.3) is 0 Å². The molecule has 2 aromatic carbocycles. The van der Waals surface area contributed by atoms with E-state index in [2.05, 4.69) is 5.32 Å². The van der Waals surface area contributed by atoms with E-state index in [1.165, 1.54) is 0 Å². The molecular formula is C28H31Cl3N2O3. The molecule has 5 nitrogen and oxygen atoms in total. The van der Waals surface area contributed by atoms with Crippen molar-refractivity contribution in [1.82, 2.24) is 10.2 Å². The Morgan fingerprint density at radius 2 is 1.75 bits per heavy atom. The number of benzene rings is 2. The molecule has 0 radical (unpaired) electrons. The molecule has 1 N–H and O–H groups in total. The minimum absolute atomic E-state index is 0.0868. The number of ether oxygens (including phenoxy) is 1. The molecule has 2 saturated heterocycles. The van der Waals surface area contributed by atoms with Gasteiger partial charge in [0.15, 0.2) is 0 Å². The minimum Gasteiger partial charge on any atom is -0.381 e. The molecule has 2 aromatic rings. The number of nitrogens with one attached hydrogen (secondary N) is 1. The van der Waals surface area contributed by atoms with Crippen molar-refractivity contribution < 1.29 is 14.3 Å². The molecule has 5 rings (SSSR count). The predicted molar refractivity (Wildman–Crippen MR) is 143 cm³/mol. The van der Waals surface area contributed by atoms with Gasteiger partial charge in [-0.2, -0.15) is 0 Å². The largest absolute Gasteiger partial charge is 0.381 e. The van der Waals surface area contributed by atoms with Gasteiger partial charge in [-0.3, -0.25) is 9.59 Å². The lowest BCUT2D eigenvalue weighted by Crippen LogP contribution is -2.52. The molecule has 36 heavy (non-hydrogen) atoms. The zero-order valence-corrected chi connectivity index (χ0v) is 22.4. The van der Waals surface area contributed by atoms with E-state index in [0.29, 0.717) is 52.7 Å². The smallest absolute Gasteiger partial charge is 0.254 e. The summed E-state index contributed by atoms with van der Waals surface area (Å²) in [6.07, 6.45) is 6.39. The highest BCUT2D eigenvalue weighted by atomic mass is 35.5. The molecule has 1 aliphatic carbocycles. The van der Waals surface area contributed by atoms with Crippen LogP contribution in [0.1, 0.15) is 60.9 Å². The van der Waals surface area contributed by atoms with E-state index in [9.17, 15) is 9.59 Å². The zero-order chi connectivity index (χ0) is 25.3. The van der Waals surface area contributed by atoms with Gasteiger partial charge in [-0.1, -0.05) is 59.8 Å². The second kappa shape index (κ2) is 10.9. The van der Waals surface area contributed by atoms with Gasteiger partial charge in [0.05, 0.1) is 0 Å². The van der Waals surface area contributed by atoms with Crippen molar-refractivity contribution in [3.05, 3.63) is 68.7 Å². The first-order valence-electron chi connectivity index (χ1n) is 12.8. The quantitative estimate of drug-likeness (QED) is 0.477. The maximum Gasteiger partial charge on any atom is 0.254 e. The third-order valence-electron chi connectivity index (χ3n) is 8.25. The van der Waals surface area contributed by atoms with Gasteiger partial charge in [-0.25, -0.2) is 0 Å². The van der Waals surface area contributed by atoms with Gasteiger partial charge in [-0.05, 0) is 73.9 Å². The third-order valence-corrected chi connectivity index (χ3v) is 9.03. The number of halogens is 3. The number of nitrogens with zero attached hydrogens (tertiary/aromatic N) is 1. The molecule has 0 spiro atoms. The van der Waals surface area contributed by atoms with Crippen LogP contribution in [0.3, 0.4) is 0 Å². The summed E-state index contributed by atoms with van der Waals surface area (Å²) in [6, 6.07) is 12.1. The molecule has 2 amide bonds. The summed E-state index contributed by atoms with van der Waals surface area (Å²) in [6.45, 7) is 1.63. The van der Waals surface area contributed by atoms with Crippen LogP contribution in [0.5, 0.6) is 0 Å². The highest BCUT2D eigenvalue weighted by molar-refractivity contribution is 6.35. The molecule has 0 bridgehead atoms. The highest BCUT2D eigenvalue weighted by Crippen LogP contribution is 2.42. The van der Waals surface area contributed by atoms with E-state index in [-0.39, 0.29) is 23.3 Å². The van der Waals surface area contributed by atoms with Crippen molar-refractivity contribution >= 4 is 46.6 Å². The van der Waals surface area contributed by atoms with Crippen LogP contribution in [0, 0.1) is 5.92 Å². The normalized spacial score (nSPS) is 25.3. The first-order valence-corrected chi connectivity index (χ1v) is 13.9. The van der Waals surface area contributed by atoms with Gasteiger partial charge in [0.25, 0.3) is 5.91 Å². The standard InChI is InChI=1S/C28H31Cl3N2O3/c29-20-6-3-5-19(14-20)27(35)33-24-7-2-1-4-18(24)15-25(33)26(34)32-17-28(10-12-36-13-11-28)22-9-8-21(30)16-23(22)31/h3,5-6,8-9,14,16,18,24-25H,1-2,4,7,10-13,15,17H2,(H,32,34)/t18-,24-,25-/m0/s1. The van der Waals surface area contributed by atoms with Crippen LogP contribution >= 0.6 is 34.8 Å². The first-order chi connectivity index (χ1) is 17.4. The molecular weight excluding hydrogens is 519 g/mol.